The molecule has 0 spiro atoms. The van der Waals surface area contributed by atoms with E-state index in [1.165, 1.54) is 18.2 Å². The summed E-state index contributed by atoms with van der Waals surface area (Å²) in [5.41, 5.74) is 0.951. The Hall–Kier alpha value is -3.79. The van der Waals surface area contributed by atoms with Crippen molar-refractivity contribution in [2.45, 2.75) is 23.9 Å². The van der Waals surface area contributed by atoms with E-state index in [2.05, 4.69) is 10.6 Å². The van der Waals surface area contributed by atoms with E-state index in [1.54, 1.807) is 30.3 Å². The van der Waals surface area contributed by atoms with Crippen LogP contribution in [0.15, 0.2) is 77.7 Å². The Morgan fingerprint density at radius 2 is 1.58 bits per heavy atom. The number of fused-ring (bicyclic) bond motifs is 1. The number of amides is 2. The number of hydrogen-bond donors (Lipinski definition) is 2. The molecule has 1 unspecified atom stereocenters. The summed E-state index contributed by atoms with van der Waals surface area (Å²) in [4.78, 5) is 24.3. The van der Waals surface area contributed by atoms with E-state index in [4.69, 9.17) is 0 Å². The number of halogens is 2. The van der Waals surface area contributed by atoms with Gasteiger partial charge in [-0.3, -0.25) is 13.9 Å². The zero-order chi connectivity index (χ0) is 23.6. The molecule has 0 aliphatic carbocycles. The van der Waals surface area contributed by atoms with Crippen molar-refractivity contribution in [3.05, 3.63) is 90.0 Å². The van der Waals surface area contributed by atoms with Gasteiger partial charge in [-0.2, -0.15) is 0 Å². The zero-order valence-electron chi connectivity index (χ0n) is 17.2. The molecule has 33 heavy (non-hydrogen) atoms. The monoisotopic (exact) mass is 471 g/mol. The Kier molecular flexibility index (Phi) is 6.10. The van der Waals surface area contributed by atoms with Crippen LogP contribution in [0.3, 0.4) is 0 Å². The van der Waals surface area contributed by atoms with Crippen molar-refractivity contribution < 1.29 is 26.8 Å². The first-order valence-electron chi connectivity index (χ1n) is 9.98. The van der Waals surface area contributed by atoms with Gasteiger partial charge in [0, 0.05) is 6.54 Å². The first-order chi connectivity index (χ1) is 15.8. The molecule has 1 aliphatic heterocycles. The molecule has 0 fully saturated rings. The summed E-state index contributed by atoms with van der Waals surface area (Å²) >= 11 is 0. The van der Waals surface area contributed by atoms with Crippen LogP contribution in [-0.4, -0.2) is 26.3 Å². The van der Waals surface area contributed by atoms with Gasteiger partial charge in [0.1, 0.15) is 17.7 Å². The van der Waals surface area contributed by atoms with Crippen molar-refractivity contribution in [3.63, 3.8) is 0 Å². The molecule has 7 nitrogen and oxygen atoms in total. The number of rotatable bonds is 6. The normalized spacial score (nSPS) is 15.5. The molecule has 0 aromatic heterocycles. The van der Waals surface area contributed by atoms with Crippen molar-refractivity contribution in [3.8, 4) is 0 Å². The highest BCUT2D eigenvalue weighted by molar-refractivity contribution is 7.93. The zero-order valence-corrected chi connectivity index (χ0v) is 18.0. The lowest BCUT2D eigenvalue weighted by atomic mass is 10.1. The number of nitrogens with zero attached hydrogens (tertiary/aromatic N) is 1. The van der Waals surface area contributed by atoms with Crippen LogP contribution in [0.25, 0.3) is 0 Å². The number of carbonyl (C=O) groups excluding carboxylic acids is 2. The van der Waals surface area contributed by atoms with E-state index in [0.717, 1.165) is 23.8 Å². The molecule has 2 amide bonds. The Labute approximate surface area is 189 Å². The minimum atomic E-state index is -4.89. The van der Waals surface area contributed by atoms with Crippen molar-refractivity contribution in [2.75, 3.05) is 9.62 Å². The van der Waals surface area contributed by atoms with Crippen LogP contribution in [0.5, 0.6) is 0 Å². The van der Waals surface area contributed by atoms with E-state index in [1.807, 2.05) is 6.07 Å². The van der Waals surface area contributed by atoms with Gasteiger partial charge >= 0.3 is 0 Å². The van der Waals surface area contributed by atoms with Crippen LogP contribution in [0.4, 0.5) is 20.2 Å². The van der Waals surface area contributed by atoms with Gasteiger partial charge in [0.15, 0.2) is 4.90 Å². The first-order valence-corrected chi connectivity index (χ1v) is 11.4. The number of anilines is 2. The maximum absolute atomic E-state index is 14.4. The van der Waals surface area contributed by atoms with Gasteiger partial charge in [-0.1, -0.05) is 48.5 Å². The van der Waals surface area contributed by atoms with E-state index in [0.29, 0.717) is 4.31 Å². The molecule has 2 N–H and O–H groups in total. The number of sulfonamides is 1. The van der Waals surface area contributed by atoms with Crippen LogP contribution in [0.2, 0.25) is 0 Å². The number of hydrogen-bond acceptors (Lipinski definition) is 4. The summed E-state index contributed by atoms with van der Waals surface area (Å²) in [6, 6.07) is 16.0. The third-order valence-corrected chi connectivity index (χ3v) is 7.01. The lowest BCUT2D eigenvalue weighted by molar-refractivity contribution is -0.125. The Balaban J connectivity index is 1.71. The Bertz CT molecular complexity index is 1300. The summed E-state index contributed by atoms with van der Waals surface area (Å²) in [6.45, 7) is 0.166. The fourth-order valence-electron chi connectivity index (χ4n) is 3.61. The lowest BCUT2D eigenvalue weighted by Crippen LogP contribution is -2.53. The number of carbonyl (C=O) groups is 2. The maximum atomic E-state index is 14.4. The third kappa shape index (κ3) is 4.42. The summed E-state index contributed by atoms with van der Waals surface area (Å²) < 4.78 is 56.4. The van der Waals surface area contributed by atoms with Crippen LogP contribution in [-0.2, 0) is 26.2 Å². The van der Waals surface area contributed by atoms with Crippen molar-refractivity contribution in [2.24, 2.45) is 0 Å². The first kappa shape index (κ1) is 22.4. The van der Waals surface area contributed by atoms with Gasteiger partial charge in [-0.15, -0.1) is 0 Å². The van der Waals surface area contributed by atoms with Gasteiger partial charge in [0.05, 0.1) is 17.8 Å². The number of nitrogens with one attached hydrogen (secondary N) is 2. The van der Waals surface area contributed by atoms with E-state index < -0.39 is 50.8 Å². The van der Waals surface area contributed by atoms with Gasteiger partial charge in [0.25, 0.3) is 10.0 Å². The molecule has 3 aromatic rings. The SMILES string of the molecule is O=C(CC1C(=O)Nc2ccccc2N1S(=O)(=O)c1c(F)cccc1F)NCc1ccccc1. The average Bonchev–Trinajstić information content (AvgIpc) is 2.78. The molecule has 1 atom stereocenters. The number of para-hydroxylation sites is 2. The number of benzene rings is 3. The minimum absolute atomic E-state index is 0.000567. The Morgan fingerprint density at radius 1 is 0.939 bits per heavy atom. The standard InChI is InChI=1S/C23H19F2N3O4S/c24-16-9-6-10-17(25)22(16)33(31,32)28-19-12-5-4-11-18(19)27-23(30)20(28)13-21(29)26-14-15-7-2-1-3-8-15/h1-12,20H,13-14H2,(H,26,29)(H,27,30). The highest BCUT2D eigenvalue weighted by Crippen LogP contribution is 2.38. The van der Waals surface area contributed by atoms with Crippen LogP contribution in [0.1, 0.15) is 12.0 Å². The van der Waals surface area contributed by atoms with Gasteiger partial charge in [0.2, 0.25) is 11.8 Å². The second-order valence-corrected chi connectivity index (χ2v) is 9.09. The molecule has 0 radical (unpaired) electrons. The largest absolute Gasteiger partial charge is 0.352 e. The molecule has 0 saturated heterocycles. The van der Waals surface area contributed by atoms with Gasteiger partial charge in [-0.05, 0) is 29.8 Å². The molecule has 170 valence electrons. The van der Waals surface area contributed by atoms with Gasteiger partial charge in [-0.25, -0.2) is 17.2 Å². The average molecular weight is 471 g/mol. The highest BCUT2D eigenvalue weighted by atomic mass is 32.2. The topological polar surface area (TPSA) is 95.6 Å². The summed E-state index contributed by atoms with van der Waals surface area (Å²) in [5, 5.41) is 5.20. The predicted octanol–water partition coefficient (Wildman–Crippen LogP) is 3.19. The lowest BCUT2D eigenvalue weighted by Gasteiger charge is -2.36. The van der Waals surface area contributed by atoms with Crippen molar-refractivity contribution in [1.82, 2.24) is 5.32 Å². The molecular formula is C23H19F2N3O4S. The quantitative estimate of drug-likeness (QED) is 0.577. The van der Waals surface area contributed by atoms with Gasteiger partial charge < -0.3 is 10.6 Å². The summed E-state index contributed by atoms with van der Waals surface area (Å²) in [7, 11) is -4.89. The van der Waals surface area contributed by atoms with Crippen molar-refractivity contribution in [1.29, 1.82) is 0 Å². The van der Waals surface area contributed by atoms with E-state index >= 15 is 0 Å². The molecular weight excluding hydrogens is 452 g/mol. The minimum Gasteiger partial charge on any atom is -0.352 e. The molecule has 1 aliphatic rings. The third-order valence-electron chi connectivity index (χ3n) is 5.13. The predicted molar refractivity (Wildman–Crippen MR) is 118 cm³/mol. The maximum Gasteiger partial charge on any atom is 0.271 e. The van der Waals surface area contributed by atoms with E-state index in [-0.39, 0.29) is 17.9 Å². The molecule has 4 rings (SSSR count). The van der Waals surface area contributed by atoms with Crippen LogP contribution in [0, 0.1) is 11.6 Å². The van der Waals surface area contributed by atoms with E-state index in [9.17, 15) is 26.8 Å². The Morgan fingerprint density at radius 3 is 2.27 bits per heavy atom. The summed E-state index contributed by atoms with van der Waals surface area (Å²) in [5.74, 6) is -3.99. The second kappa shape index (κ2) is 8.99. The highest BCUT2D eigenvalue weighted by Gasteiger charge is 2.43. The molecule has 0 saturated carbocycles. The van der Waals surface area contributed by atoms with Crippen LogP contribution >= 0.6 is 0 Å². The summed E-state index contributed by atoms with van der Waals surface area (Å²) in [6.07, 6.45) is -0.553. The molecule has 0 bridgehead atoms. The second-order valence-electron chi connectivity index (χ2n) is 7.34. The van der Waals surface area contributed by atoms with Crippen molar-refractivity contribution >= 4 is 33.2 Å². The fraction of sp³-hybridized carbons (Fsp3) is 0.130. The molecule has 3 aromatic carbocycles. The molecule has 1 heterocycles. The fourth-order valence-corrected chi connectivity index (χ4v) is 5.36. The smallest absolute Gasteiger partial charge is 0.271 e. The molecule has 10 heteroatoms. The van der Waals surface area contributed by atoms with Crippen LogP contribution < -0.4 is 14.9 Å².